The molecule has 0 bridgehead atoms. The maximum absolute atomic E-state index is 12.6. The Labute approximate surface area is 154 Å². The number of nitrogens with zero attached hydrogens (tertiary/aromatic N) is 1. The maximum Gasteiger partial charge on any atom is 0.185 e. The Morgan fingerprint density at radius 1 is 1.15 bits per heavy atom. The van der Waals surface area contributed by atoms with Crippen molar-refractivity contribution in [3.05, 3.63) is 65.2 Å². The van der Waals surface area contributed by atoms with Gasteiger partial charge in [-0.05, 0) is 62.3 Å². The van der Waals surface area contributed by atoms with Crippen LogP contribution in [0.5, 0.6) is 11.5 Å². The number of hydrogen-bond donors (Lipinski definition) is 1. The zero-order chi connectivity index (χ0) is 18.4. The Balaban J connectivity index is 1.74. The summed E-state index contributed by atoms with van der Waals surface area (Å²) in [6.45, 7) is 2.78. The van der Waals surface area contributed by atoms with E-state index in [9.17, 15) is 9.90 Å². The average Bonchev–Trinajstić information content (AvgIpc) is 2.68. The van der Waals surface area contributed by atoms with Gasteiger partial charge < -0.3 is 9.84 Å². The summed E-state index contributed by atoms with van der Waals surface area (Å²) in [5, 5.41) is 10.2. The summed E-state index contributed by atoms with van der Waals surface area (Å²) < 4.78 is 5.30. The topological polar surface area (TPSA) is 49.8 Å². The molecular formula is C22H25NO3. The summed E-state index contributed by atoms with van der Waals surface area (Å²) in [4.78, 5) is 14.9. The minimum absolute atomic E-state index is 0.0872. The standard InChI is InChI=1S/C22H25NO3/c1-26-22-8-4-3-7-17(22)9-11-20(24)18-10-12-21(25)19(15-18)16-23-13-5-2-6-14-23/h3-4,7-12,15,25H,2,5-6,13-14,16H2,1H3/b11-9+. The number of carbonyl (C=O) groups excluding carboxylic acids is 1. The highest BCUT2D eigenvalue weighted by Crippen LogP contribution is 2.23. The molecule has 0 saturated carbocycles. The van der Waals surface area contributed by atoms with Crippen LogP contribution in [0.4, 0.5) is 0 Å². The van der Waals surface area contributed by atoms with E-state index in [0.29, 0.717) is 12.1 Å². The van der Waals surface area contributed by atoms with E-state index in [2.05, 4.69) is 4.90 Å². The molecule has 0 radical (unpaired) electrons. The number of aromatic hydroxyl groups is 1. The van der Waals surface area contributed by atoms with Crippen LogP contribution in [-0.2, 0) is 6.54 Å². The first kappa shape index (κ1) is 18.2. The number of hydrogen-bond acceptors (Lipinski definition) is 4. The molecule has 2 aromatic carbocycles. The number of phenols is 1. The summed E-state index contributed by atoms with van der Waals surface area (Å²) in [5.41, 5.74) is 2.25. The number of ether oxygens (including phenoxy) is 1. The number of methoxy groups -OCH3 is 1. The van der Waals surface area contributed by atoms with E-state index in [1.807, 2.05) is 24.3 Å². The van der Waals surface area contributed by atoms with Crippen LogP contribution in [0, 0.1) is 0 Å². The molecular weight excluding hydrogens is 326 g/mol. The first-order chi connectivity index (χ1) is 12.7. The molecule has 1 aliphatic rings. The quantitative estimate of drug-likeness (QED) is 0.623. The Morgan fingerprint density at radius 2 is 1.92 bits per heavy atom. The van der Waals surface area contributed by atoms with E-state index < -0.39 is 0 Å². The monoisotopic (exact) mass is 351 g/mol. The maximum atomic E-state index is 12.6. The normalized spacial score (nSPS) is 15.3. The summed E-state index contributed by atoms with van der Waals surface area (Å²) in [6.07, 6.45) is 6.98. The van der Waals surface area contributed by atoms with Crippen LogP contribution in [0.25, 0.3) is 6.08 Å². The molecule has 0 aromatic heterocycles. The number of benzene rings is 2. The van der Waals surface area contributed by atoms with Gasteiger partial charge in [-0.3, -0.25) is 9.69 Å². The lowest BCUT2D eigenvalue weighted by Crippen LogP contribution is -2.29. The third-order valence-corrected chi connectivity index (χ3v) is 4.76. The lowest BCUT2D eigenvalue weighted by Gasteiger charge is -2.26. The number of likely N-dealkylation sites (tertiary alicyclic amines) is 1. The lowest BCUT2D eigenvalue weighted by molar-refractivity contribution is 0.104. The fraction of sp³-hybridized carbons (Fsp3) is 0.318. The highest BCUT2D eigenvalue weighted by molar-refractivity contribution is 6.07. The molecule has 4 nitrogen and oxygen atoms in total. The second-order valence-corrected chi connectivity index (χ2v) is 6.62. The van der Waals surface area contributed by atoms with Gasteiger partial charge in [-0.25, -0.2) is 0 Å². The average molecular weight is 351 g/mol. The van der Waals surface area contributed by atoms with Gasteiger partial charge >= 0.3 is 0 Å². The number of phenolic OH excluding ortho intramolecular Hbond substituents is 1. The fourth-order valence-electron chi connectivity index (χ4n) is 3.29. The molecule has 0 atom stereocenters. The van der Waals surface area contributed by atoms with Crippen molar-refractivity contribution in [3.8, 4) is 11.5 Å². The molecule has 4 heteroatoms. The van der Waals surface area contributed by atoms with Gasteiger partial charge in [0.2, 0.25) is 0 Å². The minimum Gasteiger partial charge on any atom is -0.508 e. The smallest absolute Gasteiger partial charge is 0.185 e. The van der Waals surface area contributed by atoms with Crippen LogP contribution in [-0.4, -0.2) is 36.0 Å². The van der Waals surface area contributed by atoms with Crippen molar-refractivity contribution in [2.45, 2.75) is 25.8 Å². The van der Waals surface area contributed by atoms with Crippen molar-refractivity contribution in [1.29, 1.82) is 0 Å². The SMILES string of the molecule is COc1ccccc1/C=C/C(=O)c1ccc(O)c(CN2CCCCC2)c1. The Morgan fingerprint density at radius 3 is 2.69 bits per heavy atom. The summed E-state index contributed by atoms with van der Waals surface area (Å²) in [5.74, 6) is 0.893. The second-order valence-electron chi connectivity index (χ2n) is 6.62. The number of para-hydroxylation sites is 1. The van der Waals surface area contributed by atoms with Crippen LogP contribution in [0.2, 0.25) is 0 Å². The number of allylic oxidation sites excluding steroid dienone is 1. The van der Waals surface area contributed by atoms with Gasteiger partial charge in [-0.15, -0.1) is 0 Å². The Bertz CT molecular complexity index is 792. The molecule has 0 aliphatic carbocycles. The zero-order valence-corrected chi connectivity index (χ0v) is 15.1. The molecule has 0 amide bonds. The van der Waals surface area contributed by atoms with Crippen LogP contribution < -0.4 is 4.74 Å². The third-order valence-electron chi connectivity index (χ3n) is 4.76. The fourth-order valence-corrected chi connectivity index (χ4v) is 3.29. The predicted molar refractivity (Wildman–Crippen MR) is 104 cm³/mol. The molecule has 2 aromatic rings. The number of ketones is 1. The van der Waals surface area contributed by atoms with E-state index in [1.54, 1.807) is 37.5 Å². The van der Waals surface area contributed by atoms with E-state index in [4.69, 9.17) is 4.74 Å². The molecule has 26 heavy (non-hydrogen) atoms. The van der Waals surface area contributed by atoms with Crippen LogP contribution in [0.3, 0.4) is 0 Å². The first-order valence-corrected chi connectivity index (χ1v) is 9.07. The summed E-state index contributed by atoms with van der Waals surface area (Å²) in [6, 6.07) is 12.7. The number of rotatable bonds is 6. The van der Waals surface area contributed by atoms with Crippen molar-refractivity contribution in [1.82, 2.24) is 4.90 Å². The van der Waals surface area contributed by atoms with Gasteiger partial charge in [0.25, 0.3) is 0 Å². The van der Waals surface area contributed by atoms with Gasteiger partial charge in [-0.1, -0.05) is 24.6 Å². The van der Waals surface area contributed by atoms with Gasteiger partial charge in [-0.2, -0.15) is 0 Å². The van der Waals surface area contributed by atoms with Gasteiger partial charge in [0.1, 0.15) is 11.5 Å². The highest BCUT2D eigenvalue weighted by atomic mass is 16.5. The third kappa shape index (κ3) is 4.52. The molecule has 1 saturated heterocycles. The second kappa shape index (κ2) is 8.68. The van der Waals surface area contributed by atoms with Crippen LogP contribution in [0.1, 0.15) is 40.7 Å². The Kier molecular flexibility index (Phi) is 6.08. The molecule has 0 unspecified atom stereocenters. The molecule has 1 aliphatic heterocycles. The number of piperidine rings is 1. The minimum atomic E-state index is -0.0872. The van der Waals surface area contributed by atoms with Crippen LogP contribution in [0.15, 0.2) is 48.5 Å². The molecule has 3 rings (SSSR count). The van der Waals surface area contributed by atoms with E-state index in [1.165, 1.54) is 19.3 Å². The lowest BCUT2D eigenvalue weighted by atomic mass is 10.0. The molecule has 1 N–H and O–H groups in total. The molecule has 0 spiro atoms. The largest absolute Gasteiger partial charge is 0.508 e. The van der Waals surface area contributed by atoms with Crippen molar-refractivity contribution in [3.63, 3.8) is 0 Å². The van der Waals surface area contributed by atoms with E-state index in [0.717, 1.165) is 30.0 Å². The van der Waals surface area contributed by atoms with Crippen molar-refractivity contribution in [2.24, 2.45) is 0 Å². The van der Waals surface area contributed by atoms with Gasteiger partial charge in [0.15, 0.2) is 5.78 Å². The van der Waals surface area contributed by atoms with Crippen molar-refractivity contribution in [2.75, 3.05) is 20.2 Å². The summed E-state index contributed by atoms with van der Waals surface area (Å²) in [7, 11) is 1.61. The van der Waals surface area contributed by atoms with Crippen LogP contribution >= 0.6 is 0 Å². The molecule has 1 heterocycles. The van der Waals surface area contributed by atoms with Crippen molar-refractivity contribution >= 4 is 11.9 Å². The first-order valence-electron chi connectivity index (χ1n) is 9.07. The van der Waals surface area contributed by atoms with Crippen molar-refractivity contribution < 1.29 is 14.6 Å². The van der Waals surface area contributed by atoms with E-state index in [-0.39, 0.29) is 11.5 Å². The highest BCUT2D eigenvalue weighted by Gasteiger charge is 2.14. The molecule has 1 fully saturated rings. The van der Waals surface area contributed by atoms with E-state index >= 15 is 0 Å². The molecule has 136 valence electrons. The van der Waals surface area contributed by atoms with Gasteiger partial charge in [0, 0.05) is 23.2 Å². The Hall–Kier alpha value is -2.59. The van der Waals surface area contributed by atoms with Gasteiger partial charge in [0.05, 0.1) is 7.11 Å². The number of carbonyl (C=O) groups is 1. The zero-order valence-electron chi connectivity index (χ0n) is 15.1. The predicted octanol–water partition coefficient (Wildman–Crippen LogP) is 4.28. The summed E-state index contributed by atoms with van der Waals surface area (Å²) >= 11 is 0.